The second-order valence-corrected chi connectivity index (χ2v) is 9.29. The maximum atomic E-state index is 12.9. The summed E-state index contributed by atoms with van der Waals surface area (Å²) in [6.07, 6.45) is 5.09. The minimum absolute atomic E-state index is 0.179. The van der Waals surface area contributed by atoms with E-state index < -0.39 is 10.0 Å². The van der Waals surface area contributed by atoms with E-state index in [1.807, 2.05) is 0 Å². The number of rotatable bonds is 5. The molecule has 1 aromatic rings. The van der Waals surface area contributed by atoms with E-state index in [4.69, 9.17) is 0 Å². The second kappa shape index (κ2) is 6.70. The van der Waals surface area contributed by atoms with Crippen molar-refractivity contribution in [3.05, 3.63) is 29.3 Å². The Labute approximate surface area is 149 Å². The third-order valence-electron chi connectivity index (χ3n) is 5.49. The molecule has 7 heteroatoms. The van der Waals surface area contributed by atoms with Gasteiger partial charge >= 0.3 is 0 Å². The van der Waals surface area contributed by atoms with Crippen LogP contribution >= 0.6 is 0 Å². The molecular weight excluding hydrogens is 338 g/mol. The summed E-state index contributed by atoms with van der Waals surface area (Å²) in [7, 11) is -3.54. The molecule has 0 atom stereocenters. The van der Waals surface area contributed by atoms with Crippen LogP contribution in [0.2, 0.25) is 0 Å². The number of nitrogens with one attached hydrogen (secondary N) is 2. The summed E-state index contributed by atoms with van der Waals surface area (Å²) >= 11 is 0. The van der Waals surface area contributed by atoms with Crippen LogP contribution in [-0.2, 0) is 16.4 Å². The lowest BCUT2D eigenvalue weighted by atomic mass is 10.0. The standard InChI is InChI=1S/C18H25N3O3S/c22-18-17-11-16(4-3-14(17)5-8-19-18)25(23,24)21-9-6-15(7-10-21)20-12-13-1-2-13/h3-4,11,13,15,20H,1-2,5-10,12H2,(H,19,22). The zero-order valence-corrected chi connectivity index (χ0v) is 15.1. The maximum absolute atomic E-state index is 12.9. The van der Waals surface area contributed by atoms with Crippen LogP contribution in [0.5, 0.6) is 0 Å². The van der Waals surface area contributed by atoms with Crippen molar-refractivity contribution in [2.45, 2.75) is 43.0 Å². The van der Waals surface area contributed by atoms with Crippen LogP contribution in [0.3, 0.4) is 0 Å². The van der Waals surface area contributed by atoms with Crippen LogP contribution in [0, 0.1) is 5.92 Å². The van der Waals surface area contributed by atoms with E-state index in [1.54, 1.807) is 16.4 Å². The molecule has 3 aliphatic rings. The lowest BCUT2D eigenvalue weighted by Gasteiger charge is -2.32. The number of nitrogens with zero attached hydrogens (tertiary/aromatic N) is 1. The van der Waals surface area contributed by atoms with Crippen molar-refractivity contribution in [3.8, 4) is 0 Å². The normalized spacial score (nSPS) is 22.5. The molecule has 136 valence electrons. The fourth-order valence-corrected chi connectivity index (χ4v) is 5.15. The number of piperidine rings is 1. The molecule has 0 bridgehead atoms. The molecule has 2 heterocycles. The summed E-state index contributed by atoms with van der Waals surface area (Å²) in [5, 5.41) is 6.34. The van der Waals surface area contributed by atoms with Crippen LogP contribution in [0.4, 0.5) is 0 Å². The van der Waals surface area contributed by atoms with Crippen LogP contribution in [0.25, 0.3) is 0 Å². The van der Waals surface area contributed by atoms with Gasteiger partial charge in [-0.05, 0) is 62.3 Å². The molecule has 1 saturated heterocycles. The second-order valence-electron chi connectivity index (χ2n) is 7.35. The average Bonchev–Trinajstić information content (AvgIpc) is 3.45. The van der Waals surface area contributed by atoms with Gasteiger partial charge in [-0.25, -0.2) is 8.42 Å². The van der Waals surface area contributed by atoms with Crippen LogP contribution in [0.15, 0.2) is 23.1 Å². The van der Waals surface area contributed by atoms with E-state index in [0.717, 1.165) is 37.3 Å². The van der Waals surface area contributed by atoms with Gasteiger partial charge in [-0.1, -0.05) is 6.07 Å². The van der Waals surface area contributed by atoms with E-state index in [-0.39, 0.29) is 10.8 Å². The monoisotopic (exact) mass is 363 g/mol. The van der Waals surface area contributed by atoms with Gasteiger partial charge in [0.2, 0.25) is 10.0 Å². The predicted octanol–water partition coefficient (Wildman–Crippen LogP) is 1.13. The third-order valence-corrected chi connectivity index (χ3v) is 7.38. The molecule has 25 heavy (non-hydrogen) atoms. The molecule has 1 saturated carbocycles. The number of benzene rings is 1. The molecular formula is C18H25N3O3S. The average molecular weight is 363 g/mol. The van der Waals surface area contributed by atoms with E-state index in [2.05, 4.69) is 10.6 Å². The molecule has 6 nitrogen and oxygen atoms in total. The van der Waals surface area contributed by atoms with Gasteiger partial charge in [0, 0.05) is 31.2 Å². The van der Waals surface area contributed by atoms with Crippen molar-refractivity contribution >= 4 is 15.9 Å². The highest BCUT2D eigenvalue weighted by molar-refractivity contribution is 7.89. The smallest absolute Gasteiger partial charge is 0.251 e. The highest BCUT2D eigenvalue weighted by Gasteiger charge is 2.31. The number of sulfonamides is 1. The quantitative estimate of drug-likeness (QED) is 0.822. The van der Waals surface area contributed by atoms with E-state index >= 15 is 0 Å². The van der Waals surface area contributed by atoms with Gasteiger partial charge in [-0.3, -0.25) is 4.79 Å². The first-order valence-electron chi connectivity index (χ1n) is 9.19. The topological polar surface area (TPSA) is 78.5 Å². The molecule has 1 amide bonds. The number of hydrogen-bond acceptors (Lipinski definition) is 4. The van der Waals surface area contributed by atoms with Crippen molar-refractivity contribution in [1.29, 1.82) is 0 Å². The van der Waals surface area contributed by atoms with Crippen molar-refractivity contribution in [2.24, 2.45) is 5.92 Å². The molecule has 2 N–H and O–H groups in total. The first-order chi connectivity index (χ1) is 12.0. The van der Waals surface area contributed by atoms with Gasteiger partial charge in [0.15, 0.2) is 0 Å². The number of carbonyl (C=O) groups excluding carboxylic acids is 1. The number of amides is 1. The Morgan fingerprint density at radius 3 is 2.64 bits per heavy atom. The molecule has 0 aromatic heterocycles. The number of hydrogen-bond donors (Lipinski definition) is 2. The van der Waals surface area contributed by atoms with Crippen LogP contribution in [-0.4, -0.2) is 50.9 Å². The fraction of sp³-hybridized carbons (Fsp3) is 0.611. The molecule has 2 aliphatic heterocycles. The molecule has 2 fully saturated rings. The summed E-state index contributed by atoms with van der Waals surface area (Å²) < 4.78 is 27.4. The molecule has 0 unspecified atom stereocenters. The molecule has 1 aromatic carbocycles. The molecule has 1 aliphatic carbocycles. The lowest BCUT2D eigenvalue weighted by molar-refractivity contribution is 0.0945. The number of fused-ring (bicyclic) bond motifs is 1. The largest absolute Gasteiger partial charge is 0.352 e. The summed E-state index contributed by atoms with van der Waals surface area (Å²) in [4.78, 5) is 12.2. The first-order valence-corrected chi connectivity index (χ1v) is 10.6. The third kappa shape index (κ3) is 3.59. The SMILES string of the molecule is O=C1NCCc2ccc(S(=O)(=O)N3CCC(NCC4CC4)CC3)cc21. The zero-order valence-electron chi connectivity index (χ0n) is 14.3. The van der Waals surface area contributed by atoms with E-state index in [0.29, 0.717) is 31.2 Å². The Balaban J connectivity index is 1.44. The van der Waals surface area contributed by atoms with Gasteiger partial charge < -0.3 is 10.6 Å². The van der Waals surface area contributed by atoms with E-state index in [1.165, 1.54) is 18.9 Å². The Hall–Kier alpha value is -1.44. The van der Waals surface area contributed by atoms with Crippen molar-refractivity contribution in [3.63, 3.8) is 0 Å². The van der Waals surface area contributed by atoms with Gasteiger partial charge in [0.05, 0.1) is 4.90 Å². The Bertz CT molecular complexity index is 766. The Morgan fingerprint density at radius 1 is 1.16 bits per heavy atom. The molecule has 0 radical (unpaired) electrons. The predicted molar refractivity (Wildman–Crippen MR) is 95.0 cm³/mol. The minimum atomic E-state index is -3.54. The minimum Gasteiger partial charge on any atom is -0.352 e. The zero-order chi connectivity index (χ0) is 17.4. The van der Waals surface area contributed by atoms with Gasteiger partial charge in [-0.2, -0.15) is 4.31 Å². The van der Waals surface area contributed by atoms with Crippen molar-refractivity contribution in [1.82, 2.24) is 14.9 Å². The van der Waals surface area contributed by atoms with Crippen molar-refractivity contribution < 1.29 is 13.2 Å². The van der Waals surface area contributed by atoms with Crippen LogP contribution < -0.4 is 10.6 Å². The molecule has 0 spiro atoms. The highest BCUT2D eigenvalue weighted by atomic mass is 32.2. The fourth-order valence-electron chi connectivity index (χ4n) is 3.66. The Morgan fingerprint density at radius 2 is 1.92 bits per heavy atom. The van der Waals surface area contributed by atoms with Gasteiger partial charge in [-0.15, -0.1) is 0 Å². The van der Waals surface area contributed by atoms with Gasteiger partial charge in [0.1, 0.15) is 0 Å². The summed E-state index contributed by atoms with van der Waals surface area (Å²) in [6.45, 7) is 2.75. The van der Waals surface area contributed by atoms with E-state index in [9.17, 15) is 13.2 Å². The maximum Gasteiger partial charge on any atom is 0.251 e. The summed E-state index contributed by atoms with van der Waals surface area (Å²) in [5.41, 5.74) is 1.42. The molecule has 4 rings (SSSR count). The number of carbonyl (C=O) groups is 1. The Kier molecular flexibility index (Phi) is 4.56. The highest BCUT2D eigenvalue weighted by Crippen LogP contribution is 2.29. The summed E-state index contributed by atoms with van der Waals surface area (Å²) in [6, 6.07) is 5.38. The van der Waals surface area contributed by atoms with Gasteiger partial charge in [0.25, 0.3) is 5.91 Å². The first kappa shape index (κ1) is 17.0. The summed E-state index contributed by atoms with van der Waals surface area (Å²) in [5.74, 6) is 0.657. The lowest BCUT2D eigenvalue weighted by Crippen LogP contribution is -2.45. The van der Waals surface area contributed by atoms with Crippen molar-refractivity contribution in [2.75, 3.05) is 26.2 Å². The van der Waals surface area contributed by atoms with Crippen LogP contribution in [0.1, 0.15) is 41.6 Å².